The van der Waals surface area contributed by atoms with E-state index in [4.69, 9.17) is 4.74 Å². The van der Waals surface area contributed by atoms with Crippen LogP contribution in [0.3, 0.4) is 0 Å². The highest BCUT2D eigenvalue weighted by molar-refractivity contribution is 5.91. The van der Waals surface area contributed by atoms with Crippen LogP contribution >= 0.6 is 0 Å². The van der Waals surface area contributed by atoms with Crippen molar-refractivity contribution in [3.8, 4) is 0 Å². The second-order valence-electron chi connectivity index (χ2n) is 5.56. The van der Waals surface area contributed by atoms with Gasteiger partial charge >= 0.3 is 11.9 Å². The quantitative estimate of drug-likeness (QED) is 0.369. The van der Waals surface area contributed by atoms with Crippen LogP contribution in [0.1, 0.15) is 53.9 Å². The van der Waals surface area contributed by atoms with Crippen molar-refractivity contribution in [1.82, 2.24) is 0 Å². The highest BCUT2D eigenvalue weighted by Crippen LogP contribution is 2.16. The molecular weight excluding hydrogens is 256 g/mol. The molecule has 0 fully saturated rings. The molecule has 1 atom stereocenters. The third kappa shape index (κ3) is 10.6. The lowest BCUT2D eigenvalue weighted by Crippen LogP contribution is -2.15. The van der Waals surface area contributed by atoms with E-state index in [1.165, 1.54) is 5.57 Å². The smallest absolute Gasteiger partial charge is 0.317 e. The number of rotatable bonds is 9. The summed E-state index contributed by atoms with van der Waals surface area (Å²) < 4.78 is 9.72. The van der Waals surface area contributed by atoms with Gasteiger partial charge in [0, 0.05) is 0 Å². The van der Waals surface area contributed by atoms with Crippen molar-refractivity contribution < 1.29 is 19.1 Å². The van der Waals surface area contributed by atoms with E-state index in [2.05, 4.69) is 38.5 Å². The van der Waals surface area contributed by atoms with Gasteiger partial charge in [-0.2, -0.15) is 0 Å². The first-order chi connectivity index (χ1) is 9.35. The van der Waals surface area contributed by atoms with Gasteiger partial charge in [-0.3, -0.25) is 9.59 Å². The van der Waals surface area contributed by atoms with Crippen LogP contribution in [0.25, 0.3) is 0 Å². The van der Waals surface area contributed by atoms with Crippen LogP contribution in [0, 0.1) is 11.8 Å². The molecule has 20 heavy (non-hydrogen) atoms. The molecular formula is C16H28O4. The Morgan fingerprint density at radius 3 is 2.25 bits per heavy atom. The molecule has 0 aliphatic heterocycles. The van der Waals surface area contributed by atoms with E-state index >= 15 is 0 Å². The van der Waals surface area contributed by atoms with Crippen LogP contribution in [0.2, 0.25) is 0 Å². The minimum Gasteiger partial charge on any atom is -0.466 e. The number of ether oxygens (including phenoxy) is 2. The van der Waals surface area contributed by atoms with Crippen LogP contribution in [0.15, 0.2) is 11.6 Å². The Morgan fingerprint density at radius 1 is 1.10 bits per heavy atom. The van der Waals surface area contributed by atoms with E-state index in [1.54, 1.807) is 6.92 Å². The molecule has 0 spiro atoms. The van der Waals surface area contributed by atoms with Gasteiger partial charge in [0.2, 0.25) is 0 Å². The van der Waals surface area contributed by atoms with E-state index < -0.39 is 11.9 Å². The number of hydrogen-bond acceptors (Lipinski definition) is 4. The molecule has 0 saturated heterocycles. The summed E-state index contributed by atoms with van der Waals surface area (Å²) in [6, 6.07) is 0. The van der Waals surface area contributed by atoms with E-state index in [0.717, 1.165) is 12.8 Å². The molecule has 0 aromatic carbocycles. The van der Waals surface area contributed by atoms with Crippen molar-refractivity contribution in [1.29, 1.82) is 0 Å². The third-order valence-corrected chi connectivity index (χ3v) is 2.76. The maximum atomic E-state index is 11.3. The Labute approximate surface area is 122 Å². The van der Waals surface area contributed by atoms with Crippen molar-refractivity contribution in [2.75, 3.05) is 13.2 Å². The van der Waals surface area contributed by atoms with Crippen molar-refractivity contribution in [3.63, 3.8) is 0 Å². The second kappa shape index (κ2) is 10.5. The van der Waals surface area contributed by atoms with Gasteiger partial charge in [0.05, 0.1) is 13.2 Å². The van der Waals surface area contributed by atoms with Gasteiger partial charge in [0.1, 0.15) is 6.42 Å². The minimum absolute atomic E-state index is 0.282. The number of carbonyl (C=O) groups is 2. The monoisotopic (exact) mass is 284 g/mol. The summed E-state index contributed by atoms with van der Waals surface area (Å²) in [5.41, 5.74) is 1.37. The molecule has 0 aromatic rings. The van der Waals surface area contributed by atoms with Crippen molar-refractivity contribution in [2.45, 2.75) is 53.9 Å². The first kappa shape index (κ1) is 18.7. The van der Waals surface area contributed by atoms with Crippen molar-refractivity contribution >= 4 is 11.9 Å². The van der Waals surface area contributed by atoms with Gasteiger partial charge in [0.15, 0.2) is 0 Å². The average molecular weight is 284 g/mol. The fourth-order valence-electron chi connectivity index (χ4n) is 2.04. The Balaban J connectivity index is 3.83. The second-order valence-corrected chi connectivity index (χ2v) is 5.56. The molecule has 0 radical (unpaired) electrons. The summed E-state index contributed by atoms with van der Waals surface area (Å²) in [4.78, 5) is 22.4. The maximum Gasteiger partial charge on any atom is 0.317 e. The molecule has 4 heteroatoms. The minimum atomic E-state index is -0.527. The molecule has 0 heterocycles. The molecule has 4 nitrogen and oxygen atoms in total. The lowest BCUT2D eigenvalue weighted by molar-refractivity contribution is -0.154. The molecule has 0 bridgehead atoms. The Kier molecular flexibility index (Phi) is 9.77. The summed E-state index contributed by atoms with van der Waals surface area (Å²) in [5, 5.41) is 0. The number of carbonyl (C=O) groups excluding carboxylic acids is 2. The number of esters is 2. The van der Waals surface area contributed by atoms with E-state index in [1.807, 2.05) is 0 Å². The summed E-state index contributed by atoms with van der Waals surface area (Å²) in [7, 11) is 0. The zero-order chi connectivity index (χ0) is 15.5. The van der Waals surface area contributed by atoms with Crippen molar-refractivity contribution in [2.24, 2.45) is 11.8 Å². The summed E-state index contributed by atoms with van der Waals surface area (Å²) >= 11 is 0. The molecule has 0 saturated carbocycles. The van der Waals surface area contributed by atoms with Gasteiger partial charge in [0.25, 0.3) is 0 Å². The SMILES string of the molecule is CCOC(=O)CC(=O)OCCC(C)CC(C)=CC(C)C. The molecule has 0 aliphatic carbocycles. The first-order valence-corrected chi connectivity index (χ1v) is 7.33. The van der Waals surface area contributed by atoms with Crippen LogP contribution in [-0.4, -0.2) is 25.2 Å². The highest BCUT2D eigenvalue weighted by atomic mass is 16.6. The lowest BCUT2D eigenvalue weighted by atomic mass is 9.97. The summed E-state index contributed by atoms with van der Waals surface area (Å²) in [6.07, 6.45) is 3.77. The van der Waals surface area contributed by atoms with Crippen LogP contribution in [0.4, 0.5) is 0 Å². The average Bonchev–Trinajstić information content (AvgIpc) is 2.27. The highest BCUT2D eigenvalue weighted by Gasteiger charge is 2.12. The van der Waals surface area contributed by atoms with Crippen LogP contribution < -0.4 is 0 Å². The molecule has 1 unspecified atom stereocenters. The number of hydrogen-bond donors (Lipinski definition) is 0. The normalized spacial score (nSPS) is 13.2. The number of allylic oxidation sites excluding steroid dienone is 2. The molecule has 0 amide bonds. The Hall–Kier alpha value is -1.32. The van der Waals surface area contributed by atoms with Gasteiger partial charge in [-0.1, -0.05) is 32.4 Å². The zero-order valence-corrected chi connectivity index (χ0v) is 13.4. The third-order valence-electron chi connectivity index (χ3n) is 2.76. The fraction of sp³-hybridized carbons (Fsp3) is 0.750. The topological polar surface area (TPSA) is 52.6 Å². The first-order valence-electron chi connectivity index (χ1n) is 7.33. The largest absolute Gasteiger partial charge is 0.466 e. The fourth-order valence-corrected chi connectivity index (χ4v) is 2.04. The van der Waals surface area contributed by atoms with Crippen molar-refractivity contribution in [3.05, 3.63) is 11.6 Å². The van der Waals surface area contributed by atoms with Gasteiger partial charge in [-0.15, -0.1) is 0 Å². The molecule has 0 aliphatic rings. The molecule has 0 N–H and O–H groups in total. The summed E-state index contributed by atoms with van der Waals surface area (Å²) in [5.74, 6) is -0.0173. The maximum absolute atomic E-state index is 11.3. The Morgan fingerprint density at radius 2 is 1.70 bits per heavy atom. The summed E-state index contributed by atoms with van der Waals surface area (Å²) in [6.45, 7) is 10.9. The predicted octanol–water partition coefficient (Wildman–Crippen LogP) is 3.50. The van der Waals surface area contributed by atoms with E-state index in [0.29, 0.717) is 18.4 Å². The predicted molar refractivity (Wildman–Crippen MR) is 79.2 cm³/mol. The van der Waals surface area contributed by atoms with Gasteiger partial charge in [-0.25, -0.2) is 0 Å². The molecule has 0 rings (SSSR count). The van der Waals surface area contributed by atoms with Gasteiger partial charge in [-0.05, 0) is 38.5 Å². The van der Waals surface area contributed by atoms with E-state index in [-0.39, 0.29) is 13.0 Å². The Bertz CT molecular complexity index is 331. The zero-order valence-electron chi connectivity index (χ0n) is 13.4. The molecule has 116 valence electrons. The standard InChI is InChI=1S/C16H28O4/c1-6-19-15(17)11-16(18)20-8-7-13(4)10-14(5)9-12(2)3/h9,12-13H,6-8,10-11H2,1-5H3. The van der Waals surface area contributed by atoms with Crippen LogP contribution in [0.5, 0.6) is 0 Å². The van der Waals surface area contributed by atoms with Crippen LogP contribution in [-0.2, 0) is 19.1 Å². The molecule has 0 aromatic heterocycles. The van der Waals surface area contributed by atoms with E-state index in [9.17, 15) is 9.59 Å². The van der Waals surface area contributed by atoms with Gasteiger partial charge < -0.3 is 9.47 Å². The lowest BCUT2D eigenvalue weighted by Gasteiger charge is -2.12.